The molecule has 0 unspecified atom stereocenters. The molecule has 1 aromatic carbocycles. The maximum atomic E-state index is 13.4. The molecule has 12 heteroatoms. The second kappa shape index (κ2) is 11.0. The summed E-state index contributed by atoms with van der Waals surface area (Å²) >= 11 is 0. The van der Waals surface area contributed by atoms with Crippen molar-refractivity contribution < 1.29 is 53.0 Å². The summed E-state index contributed by atoms with van der Waals surface area (Å²) in [5, 5.41) is 0. The number of aromatic amines is 1. The van der Waals surface area contributed by atoms with Gasteiger partial charge >= 0.3 is 41.4 Å². The molecule has 31 heavy (non-hydrogen) atoms. The number of fused-ring (bicyclic) bond motifs is 2. The molecule has 0 spiro atoms. The SMILES string of the molecule is Cc1cc2nc3c(=O)[nH]c(=O)nc-3n(CCCCCC[C-]=O)c2cc1C(F)(F)F.[Na+].[OH-]. The van der Waals surface area contributed by atoms with E-state index >= 15 is 0 Å². The maximum Gasteiger partial charge on any atom is 1.00 e. The summed E-state index contributed by atoms with van der Waals surface area (Å²) in [5.74, 6) is -0.0514. The first-order chi connectivity index (χ1) is 13.7. The summed E-state index contributed by atoms with van der Waals surface area (Å²) in [7, 11) is 0. The number of halogens is 3. The second-order valence-corrected chi connectivity index (χ2v) is 6.77. The summed E-state index contributed by atoms with van der Waals surface area (Å²) in [6, 6.07) is 2.25. The van der Waals surface area contributed by atoms with Gasteiger partial charge < -0.3 is 14.8 Å². The van der Waals surface area contributed by atoms with Crippen LogP contribution in [-0.2, 0) is 17.5 Å². The van der Waals surface area contributed by atoms with E-state index in [4.69, 9.17) is 0 Å². The summed E-state index contributed by atoms with van der Waals surface area (Å²) in [6.45, 7) is 1.57. The van der Waals surface area contributed by atoms with Crippen LogP contribution in [0.2, 0.25) is 0 Å². The first-order valence-electron chi connectivity index (χ1n) is 9.10. The van der Waals surface area contributed by atoms with Gasteiger partial charge in [-0.05, 0) is 31.0 Å². The molecule has 0 aromatic heterocycles. The van der Waals surface area contributed by atoms with E-state index in [1.807, 2.05) is 11.3 Å². The zero-order chi connectivity index (χ0) is 21.2. The number of hydrogen-bond acceptors (Lipinski definition) is 6. The zero-order valence-corrected chi connectivity index (χ0v) is 19.0. The van der Waals surface area contributed by atoms with Crippen LogP contribution in [0.3, 0.4) is 0 Å². The Morgan fingerprint density at radius 3 is 2.42 bits per heavy atom. The van der Waals surface area contributed by atoms with Crippen LogP contribution < -0.4 is 40.8 Å². The van der Waals surface area contributed by atoms with E-state index < -0.39 is 23.0 Å². The summed E-state index contributed by atoms with van der Waals surface area (Å²) in [5.41, 5.74) is -2.20. The van der Waals surface area contributed by atoms with Crippen LogP contribution in [0.25, 0.3) is 22.6 Å². The van der Waals surface area contributed by atoms with Gasteiger partial charge in [0.2, 0.25) is 0 Å². The molecule has 0 aliphatic carbocycles. The molecule has 0 bridgehead atoms. The van der Waals surface area contributed by atoms with Crippen LogP contribution in [-0.4, -0.2) is 31.3 Å². The third-order valence-electron chi connectivity index (χ3n) is 4.67. The normalized spacial score (nSPS) is 11.2. The average molecular weight is 447 g/mol. The standard InChI is InChI=1S/C19H18F3N4O3.Na.H2O/c1-11-9-13-14(10-12(11)19(20,21)22)26(7-5-3-2-4-6-8-27)16-15(23-13)17(28)25-18(29)24-16;;/h9-10H,2-7H2,1H3,(H,25,28,29);;1H2/q-1;+1;/p-1. The van der Waals surface area contributed by atoms with Crippen molar-refractivity contribution in [2.45, 2.75) is 51.7 Å². The van der Waals surface area contributed by atoms with Crippen molar-refractivity contribution in [3.8, 4) is 11.5 Å². The first kappa shape index (κ1) is 27.0. The van der Waals surface area contributed by atoms with Gasteiger partial charge in [0, 0.05) is 6.54 Å². The van der Waals surface area contributed by atoms with E-state index in [-0.39, 0.29) is 69.7 Å². The minimum absolute atomic E-state index is 0. The van der Waals surface area contributed by atoms with Crippen LogP contribution in [0.15, 0.2) is 21.7 Å². The maximum absolute atomic E-state index is 13.4. The second-order valence-electron chi connectivity index (χ2n) is 6.77. The van der Waals surface area contributed by atoms with Gasteiger partial charge in [-0.3, -0.25) is 16.1 Å². The Morgan fingerprint density at radius 2 is 1.77 bits per heavy atom. The Bertz CT molecular complexity index is 1140. The van der Waals surface area contributed by atoms with Gasteiger partial charge in [-0.2, -0.15) is 24.6 Å². The van der Waals surface area contributed by atoms with Gasteiger partial charge in [-0.1, -0.05) is 19.3 Å². The molecule has 1 aromatic rings. The van der Waals surface area contributed by atoms with Crippen LogP contribution in [0.4, 0.5) is 13.2 Å². The van der Waals surface area contributed by atoms with Crippen molar-refractivity contribution in [1.82, 2.24) is 19.5 Å². The topological polar surface area (TPSA) is 128 Å². The molecule has 3 rings (SSSR count). The fraction of sp³-hybridized carbons (Fsp3) is 0.421. The number of benzene rings is 1. The number of nitrogens with one attached hydrogen (secondary N) is 1. The molecule has 2 heterocycles. The van der Waals surface area contributed by atoms with E-state index in [0.29, 0.717) is 25.7 Å². The molecule has 0 atom stereocenters. The Balaban J connectivity index is 0.00000240. The summed E-state index contributed by atoms with van der Waals surface area (Å²) < 4.78 is 41.6. The molecule has 8 nitrogen and oxygen atoms in total. The number of nitrogens with zero attached hydrogens (tertiary/aromatic N) is 3. The molecule has 0 saturated heterocycles. The van der Waals surface area contributed by atoms with Crippen LogP contribution >= 0.6 is 0 Å². The Kier molecular flexibility index (Phi) is 9.55. The van der Waals surface area contributed by atoms with Gasteiger partial charge in [-0.15, -0.1) is 0 Å². The van der Waals surface area contributed by atoms with Crippen molar-refractivity contribution in [3.63, 3.8) is 0 Å². The van der Waals surface area contributed by atoms with Crippen molar-refractivity contribution in [2.24, 2.45) is 0 Å². The van der Waals surface area contributed by atoms with E-state index in [9.17, 15) is 27.6 Å². The quantitative estimate of drug-likeness (QED) is 0.231. The molecular formula is C19H19F3N4NaO4-. The minimum Gasteiger partial charge on any atom is -0.870 e. The third kappa shape index (κ3) is 6.00. The number of aromatic nitrogens is 4. The molecule has 162 valence electrons. The van der Waals surface area contributed by atoms with Crippen molar-refractivity contribution >= 4 is 17.3 Å². The largest absolute Gasteiger partial charge is 1.00 e. The smallest absolute Gasteiger partial charge is 0.870 e. The molecule has 0 amide bonds. The Labute approximate surface area is 196 Å². The van der Waals surface area contributed by atoms with Gasteiger partial charge in [0.05, 0.1) is 16.6 Å². The molecule has 0 fully saturated rings. The average Bonchev–Trinajstić information content (AvgIpc) is 2.63. The van der Waals surface area contributed by atoms with Gasteiger partial charge in [-0.25, -0.2) is 9.78 Å². The monoisotopic (exact) mass is 447 g/mol. The molecule has 0 saturated carbocycles. The van der Waals surface area contributed by atoms with Crippen molar-refractivity contribution in [3.05, 3.63) is 44.1 Å². The third-order valence-corrected chi connectivity index (χ3v) is 4.67. The van der Waals surface area contributed by atoms with Gasteiger partial charge in [0.1, 0.15) is 0 Å². The molecule has 2 aliphatic heterocycles. The Morgan fingerprint density at radius 1 is 1.10 bits per heavy atom. The molecular weight excluding hydrogens is 428 g/mol. The number of carbonyl (C=O) groups excluding carboxylic acids is 1. The van der Waals surface area contributed by atoms with E-state index in [1.54, 1.807) is 0 Å². The number of rotatable bonds is 7. The predicted octanol–water partition coefficient (Wildman–Crippen LogP) is -0.201. The fourth-order valence-electron chi connectivity index (χ4n) is 3.30. The number of unbranched alkanes of at least 4 members (excludes halogenated alkanes) is 4. The number of alkyl halides is 3. The van der Waals surface area contributed by atoms with E-state index in [2.05, 4.69) is 9.97 Å². The van der Waals surface area contributed by atoms with Gasteiger partial charge in [0.25, 0.3) is 5.56 Å². The molecule has 0 radical (unpaired) electrons. The molecule has 2 N–H and O–H groups in total. The van der Waals surface area contributed by atoms with Crippen LogP contribution in [0, 0.1) is 6.92 Å². The minimum atomic E-state index is -4.55. The van der Waals surface area contributed by atoms with E-state index in [1.165, 1.54) is 17.6 Å². The fourth-order valence-corrected chi connectivity index (χ4v) is 3.30. The van der Waals surface area contributed by atoms with Crippen molar-refractivity contribution in [2.75, 3.05) is 0 Å². The van der Waals surface area contributed by atoms with Crippen molar-refractivity contribution in [1.29, 1.82) is 0 Å². The number of aryl methyl sites for hydroxylation is 2. The zero-order valence-electron chi connectivity index (χ0n) is 17.0. The Hall–Kier alpha value is -2.08. The van der Waals surface area contributed by atoms with E-state index in [0.717, 1.165) is 12.5 Å². The summed E-state index contributed by atoms with van der Waals surface area (Å²) in [6.07, 6.45) is 0.294. The predicted molar refractivity (Wildman–Crippen MR) is 101 cm³/mol. The van der Waals surface area contributed by atoms with Gasteiger partial charge in [0.15, 0.2) is 11.5 Å². The first-order valence-corrected chi connectivity index (χ1v) is 9.10. The number of H-pyrrole nitrogens is 1. The summed E-state index contributed by atoms with van der Waals surface area (Å²) in [4.78, 5) is 44.1. The van der Waals surface area contributed by atoms with Crippen LogP contribution in [0.5, 0.6) is 0 Å². The van der Waals surface area contributed by atoms with Crippen LogP contribution in [0.1, 0.15) is 43.2 Å². The molecule has 2 aliphatic rings. The number of hydrogen-bond donors (Lipinski definition) is 1.